The number of nitrogens with zero attached hydrogens (tertiary/aromatic N) is 3. The lowest BCUT2D eigenvalue weighted by molar-refractivity contribution is 0.399. The molecule has 176 valence electrons. The molecule has 5 nitrogen and oxygen atoms in total. The molecule has 5 heteroatoms. The zero-order chi connectivity index (χ0) is 24.3. The lowest BCUT2D eigenvalue weighted by Crippen LogP contribution is -2.37. The molecule has 0 aromatic heterocycles. The second kappa shape index (κ2) is 12.9. The van der Waals surface area contributed by atoms with E-state index < -0.39 is 0 Å². The second-order valence-electron chi connectivity index (χ2n) is 8.32. The van der Waals surface area contributed by atoms with Crippen LogP contribution in [0.2, 0.25) is 0 Å². The monoisotopic (exact) mass is 445 g/mol. The van der Waals surface area contributed by atoms with E-state index >= 15 is 0 Å². The molecule has 1 aromatic rings. The molecular weight excluding hydrogens is 406 g/mol. The molecule has 0 spiro atoms. The first-order valence-electron chi connectivity index (χ1n) is 11.8. The van der Waals surface area contributed by atoms with Gasteiger partial charge in [0.25, 0.3) is 0 Å². The molecule has 0 saturated heterocycles. The van der Waals surface area contributed by atoms with Gasteiger partial charge in [-0.05, 0) is 50.6 Å². The molecule has 0 fully saturated rings. The summed E-state index contributed by atoms with van der Waals surface area (Å²) in [6.45, 7) is 12.2. The van der Waals surface area contributed by atoms with E-state index in [0.717, 1.165) is 59.8 Å². The van der Waals surface area contributed by atoms with Gasteiger partial charge in [-0.2, -0.15) is 0 Å². The molecule has 1 unspecified atom stereocenters. The Kier molecular flexibility index (Phi) is 10.2. The van der Waals surface area contributed by atoms with Crippen LogP contribution in [0.5, 0.6) is 0 Å². The highest BCUT2D eigenvalue weighted by molar-refractivity contribution is 6.17. The number of nitrogens with two attached hydrogens (primary N) is 1. The summed E-state index contributed by atoms with van der Waals surface area (Å²) >= 11 is 0. The number of para-hydroxylation sites is 1. The van der Waals surface area contributed by atoms with Crippen molar-refractivity contribution in [3.8, 4) is 0 Å². The summed E-state index contributed by atoms with van der Waals surface area (Å²) in [5, 5.41) is 3.48. The highest BCUT2D eigenvalue weighted by Crippen LogP contribution is 2.24. The number of rotatable bonds is 10. The van der Waals surface area contributed by atoms with E-state index in [0.29, 0.717) is 0 Å². The van der Waals surface area contributed by atoms with Gasteiger partial charge in [-0.3, -0.25) is 15.0 Å². The normalized spacial score (nSPS) is 17.6. The van der Waals surface area contributed by atoms with Crippen molar-refractivity contribution < 1.29 is 0 Å². The van der Waals surface area contributed by atoms with Gasteiger partial charge < -0.3 is 11.1 Å². The van der Waals surface area contributed by atoms with E-state index in [9.17, 15) is 0 Å². The number of nitrogens with one attached hydrogen (secondary N) is 1. The van der Waals surface area contributed by atoms with Gasteiger partial charge in [0, 0.05) is 30.3 Å². The lowest BCUT2D eigenvalue weighted by atomic mass is 9.90. The number of hydrogen-bond acceptors (Lipinski definition) is 4. The van der Waals surface area contributed by atoms with Crippen LogP contribution in [-0.4, -0.2) is 36.9 Å². The third-order valence-corrected chi connectivity index (χ3v) is 6.08. The van der Waals surface area contributed by atoms with Crippen LogP contribution in [0.3, 0.4) is 0 Å². The Hall–Kier alpha value is -3.05. The maximum absolute atomic E-state index is 6.45. The third kappa shape index (κ3) is 7.50. The molecule has 0 aliphatic heterocycles. The minimum Gasteiger partial charge on any atom is -0.348 e. The van der Waals surface area contributed by atoms with E-state index in [1.807, 2.05) is 36.4 Å². The summed E-state index contributed by atoms with van der Waals surface area (Å²) < 4.78 is 0. The Labute approximate surface area is 199 Å². The summed E-state index contributed by atoms with van der Waals surface area (Å²) in [6.07, 6.45) is 16.1. The van der Waals surface area contributed by atoms with Crippen molar-refractivity contribution in [1.29, 1.82) is 0 Å². The molecular formula is C28H39N5. The van der Waals surface area contributed by atoms with Gasteiger partial charge in [0.05, 0.1) is 17.4 Å². The fraction of sp³-hybridized carbons (Fsp3) is 0.393. The second-order valence-corrected chi connectivity index (χ2v) is 8.32. The number of allylic oxidation sites excluding steroid dienone is 5. The average molecular weight is 446 g/mol. The highest BCUT2D eigenvalue weighted by Gasteiger charge is 2.18. The standard InChI is InChI=1S/C28H39N5/c1-7-26(32-21(4)18-19-28(29,8-2)9-3)33-23-15-11-10-14-22(20-23)27(31-6)24-16-12-13-17-25(24)30-5/h10-18,20,23H,5,7-9,19,29H2,1-4,6H3,(H,32,33). The molecule has 0 radical (unpaired) electrons. The first-order chi connectivity index (χ1) is 15.9. The highest BCUT2D eigenvalue weighted by atomic mass is 15.0. The van der Waals surface area contributed by atoms with Crippen molar-refractivity contribution >= 4 is 24.0 Å². The Balaban J connectivity index is 2.29. The fourth-order valence-corrected chi connectivity index (χ4v) is 3.65. The van der Waals surface area contributed by atoms with Gasteiger partial charge in [0.2, 0.25) is 0 Å². The van der Waals surface area contributed by atoms with Gasteiger partial charge in [0.1, 0.15) is 5.84 Å². The van der Waals surface area contributed by atoms with Crippen LogP contribution in [0.15, 0.2) is 87.0 Å². The molecule has 1 aliphatic rings. The first-order valence-corrected chi connectivity index (χ1v) is 11.8. The van der Waals surface area contributed by atoms with E-state index in [2.05, 4.69) is 74.0 Å². The molecule has 0 amide bonds. The first kappa shape index (κ1) is 26.2. The predicted molar refractivity (Wildman–Crippen MR) is 145 cm³/mol. The quantitative estimate of drug-likeness (QED) is 0.339. The maximum atomic E-state index is 6.45. The van der Waals surface area contributed by atoms with Crippen LogP contribution in [0.4, 0.5) is 5.69 Å². The predicted octanol–water partition coefficient (Wildman–Crippen LogP) is 6.07. The Morgan fingerprint density at radius 1 is 1.18 bits per heavy atom. The van der Waals surface area contributed by atoms with Gasteiger partial charge in [0.15, 0.2) is 0 Å². The molecule has 1 aromatic carbocycles. The van der Waals surface area contributed by atoms with Crippen molar-refractivity contribution in [2.45, 2.75) is 65.0 Å². The van der Waals surface area contributed by atoms with Gasteiger partial charge in [-0.15, -0.1) is 0 Å². The largest absolute Gasteiger partial charge is 0.348 e. The summed E-state index contributed by atoms with van der Waals surface area (Å²) in [6, 6.07) is 7.81. The van der Waals surface area contributed by atoms with E-state index in [1.165, 1.54) is 0 Å². The van der Waals surface area contributed by atoms with Crippen LogP contribution in [0.1, 0.15) is 58.9 Å². The summed E-state index contributed by atoms with van der Waals surface area (Å²) in [5.41, 5.74) is 11.0. The molecule has 3 N–H and O–H groups in total. The zero-order valence-electron chi connectivity index (χ0n) is 20.8. The fourth-order valence-electron chi connectivity index (χ4n) is 3.65. The van der Waals surface area contributed by atoms with Crippen molar-refractivity contribution in [1.82, 2.24) is 5.32 Å². The number of aliphatic imine (C=N–C) groups is 3. The number of benzene rings is 1. The number of hydrogen-bond donors (Lipinski definition) is 2. The van der Waals surface area contributed by atoms with Crippen molar-refractivity contribution in [2.24, 2.45) is 20.7 Å². The minimum absolute atomic E-state index is 0.106. The Morgan fingerprint density at radius 2 is 1.91 bits per heavy atom. The van der Waals surface area contributed by atoms with Gasteiger partial charge in [-0.25, -0.2) is 0 Å². The molecule has 1 aliphatic carbocycles. The smallest absolute Gasteiger partial charge is 0.101 e. The lowest BCUT2D eigenvalue weighted by Gasteiger charge is -2.25. The van der Waals surface area contributed by atoms with Gasteiger partial charge in [-0.1, -0.05) is 69.4 Å². The number of amidine groups is 1. The van der Waals surface area contributed by atoms with Crippen LogP contribution in [-0.2, 0) is 0 Å². The van der Waals surface area contributed by atoms with Crippen LogP contribution < -0.4 is 11.1 Å². The Bertz CT molecular complexity index is 987. The van der Waals surface area contributed by atoms with Crippen molar-refractivity contribution in [3.05, 3.63) is 77.6 Å². The zero-order valence-corrected chi connectivity index (χ0v) is 20.8. The average Bonchev–Trinajstić information content (AvgIpc) is 3.08. The van der Waals surface area contributed by atoms with E-state index in [1.54, 1.807) is 7.05 Å². The van der Waals surface area contributed by atoms with Crippen LogP contribution >= 0.6 is 0 Å². The third-order valence-electron chi connectivity index (χ3n) is 6.08. The molecule has 0 heterocycles. The Morgan fingerprint density at radius 3 is 2.55 bits per heavy atom. The van der Waals surface area contributed by atoms with Crippen LogP contribution in [0, 0.1) is 0 Å². The van der Waals surface area contributed by atoms with Gasteiger partial charge >= 0.3 is 0 Å². The topological polar surface area (TPSA) is 75.1 Å². The maximum Gasteiger partial charge on any atom is 0.101 e. The summed E-state index contributed by atoms with van der Waals surface area (Å²) in [7, 11) is 1.80. The van der Waals surface area contributed by atoms with E-state index in [-0.39, 0.29) is 11.6 Å². The molecule has 0 saturated carbocycles. The van der Waals surface area contributed by atoms with Crippen LogP contribution in [0.25, 0.3) is 0 Å². The molecule has 2 rings (SSSR count). The SMILES string of the molecule is C=Nc1ccccc1C(=NC)C1=CC(N=C(CC)NC(C)=CCC(N)(CC)CC)C=CC=C1. The summed E-state index contributed by atoms with van der Waals surface area (Å²) in [4.78, 5) is 13.7. The minimum atomic E-state index is -0.147. The molecule has 0 bridgehead atoms. The van der Waals surface area contributed by atoms with Crippen molar-refractivity contribution in [2.75, 3.05) is 7.05 Å². The molecule has 1 atom stereocenters. The molecule has 33 heavy (non-hydrogen) atoms. The van der Waals surface area contributed by atoms with E-state index in [4.69, 9.17) is 10.7 Å². The van der Waals surface area contributed by atoms with Crippen molar-refractivity contribution in [3.63, 3.8) is 0 Å². The summed E-state index contributed by atoms with van der Waals surface area (Å²) in [5.74, 6) is 0.940.